The molecular formula is C26H26N4O3. The fraction of sp³-hybridized carbons (Fsp3) is 0.231. The second-order valence-corrected chi connectivity index (χ2v) is 7.94. The Hall–Kier alpha value is -4.00. The van der Waals surface area contributed by atoms with Crippen LogP contribution >= 0.6 is 0 Å². The van der Waals surface area contributed by atoms with E-state index in [4.69, 9.17) is 24.9 Å². The molecule has 33 heavy (non-hydrogen) atoms. The number of ether oxygens (including phenoxy) is 3. The molecule has 0 fully saturated rings. The Balaban J connectivity index is 1.65. The number of nitrogens with zero attached hydrogens (tertiary/aromatic N) is 3. The maximum absolute atomic E-state index is 6.65. The molecule has 0 aliphatic carbocycles. The lowest BCUT2D eigenvalue weighted by molar-refractivity contribution is 0.357. The van der Waals surface area contributed by atoms with Gasteiger partial charge in [0.05, 0.1) is 38.1 Å². The molecule has 0 atom stereocenters. The first kappa shape index (κ1) is 20.9. The summed E-state index contributed by atoms with van der Waals surface area (Å²) in [7, 11) is 4.95. The Kier molecular flexibility index (Phi) is 5.38. The first-order valence-corrected chi connectivity index (χ1v) is 10.8. The van der Waals surface area contributed by atoms with Gasteiger partial charge >= 0.3 is 0 Å². The van der Waals surface area contributed by atoms with E-state index < -0.39 is 0 Å². The number of aromatic nitrogens is 2. The van der Waals surface area contributed by atoms with Crippen molar-refractivity contribution in [3.05, 3.63) is 65.9 Å². The summed E-state index contributed by atoms with van der Waals surface area (Å²) in [4.78, 5) is 11.8. The van der Waals surface area contributed by atoms with Crippen LogP contribution in [0.4, 0.5) is 11.5 Å². The highest BCUT2D eigenvalue weighted by molar-refractivity contribution is 6.06. The fourth-order valence-corrected chi connectivity index (χ4v) is 4.61. The van der Waals surface area contributed by atoms with E-state index in [2.05, 4.69) is 16.0 Å². The zero-order chi connectivity index (χ0) is 22.9. The van der Waals surface area contributed by atoms with Crippen LogP contribution in [-0.2, 0) is 13.0 Å². The summed E-state index contributed by atoms with van der Waals surface area (Å²) in [6.45, 7) is 1.57. The van der Waals surface area contributed by atoms with Crippen LogP contribution in [0.1, 0.15) is 11.1 Å². The molecule has 168 valence electrons. The molecule has 2 aromatic heterocycles. The first-order chi connectivity index (χ1) is 16.1. The van der Waals surface area contributed by atoms with Crippen molar-refractivity contribution in [3.63, 3.8) is 0 Å². The largest absolute Gasteiger partial charge is 0.496 e. The van der Waals surface area contributed by atoms with E-state index in [9.17, 15) is 0 Å². The van der Waals surface area contributed by atoms with Gasteiger partial charge < -0.3 is 24.8 Å². The van der Waals surface area contributed by atoms with E-state index in [1.54, 1.807) is 27.5 Å². The second kappa shape index (κ2) is 8.50. The first-order valence-electron chi connectivity index (χ1n) is 10.8. The molecule has 0 unspecified atom stereocenters. The van der Waals surface area contributed by atoms with Gasteiger partial charge in [-0.2, -0.15) is 0 Å². The van der Waals surface area contributed by atoms with E-state index in [0.29, 0.717) is 17.2 Å². The number of pyridine rings is 2. The van der Waals surface area contributed by atoms with E-state index >= 15 is 0 Å². The molecule has 0 saturated heterocycles. The Morgan fingerprint density at radius 3 is 2.52 bits per heavy atom. The smallest absolute Gasteiger partial charge is 0.170 e. The molecule has 0 amide bonds. The zero-order valence-corrected chi connectivity index (χ0v) is 19.0. The minimum absolute atomic E-state index is 0.587. The molecule has 0 radical (unpaired) electrons. The van der Waals surface area contributed by atoms with Gasteiger partial charge in [0, 0.05) is 48.1 Å². The van der Waals surface area contributed by atoms with Gasteiger partial charge in [0.1, 0.15) is 11.6 Å². The average Bonchev–Trinajstić information content (AvgIpc) is 2.87. The summed E-state index contributed by atoms with van der Waals surface area (Å²) in [5, 5.41) is 0.800. The van der Waals surface area contributed by atoms with Gasteiger partial charge in [-0.25, -0.2) is 4.98 Å². The van der Waals surface area contributed by atoms with E-state index in [-0.39, 0.29) is 0 Å². The summed E-state index contributed by atoms with van der Waals surface area (Å²) in [6, 6.07) is 15.7. The monoisotopic (exact) mass is 442 g/mol. The average molecular weight is 443 g/mol. The number of nitrogen functional groups attached to an aromatic ring is 1. The molecule has 0 spiro atoms. The van der Waals surface area contributed by atoms with Crippen LogP contribution < -0.4 is 24.8 Å². The highest BCUT2D eigenvalue weighted by Crippen LogP contribution is 2.45. The van der Waals surface area contributed by atoms with Crippen LogP contribution in [0.3, 0.4) is 0 Å². The molecule has 2 N–H and O–H groups in total. The quantitative estimate of drug-likeness (QED) is 0.488. The summed E-state index contributed by atoms with van der Waals surface area (Å²) in [5.74, 6) is 2.94. The van der Waals surface area contributed by atoms with Crippen molar-refractivity contribution in [2.45, 2.75) is 13.0 Å². The molecular weight excluding hydrogens is 416 g/mol. The lowest BCUT2D eigenvalue weighted by atomic mass is 9.98. The van der Waals surface area contributed by atoms with Crippen molar-refractivity contribution < 1.29 is 14.2 Å². The van der Waals surface area contributed by atoms with Crippen LogP contribution in [0.2, 0.25) is 0 Å². The van der Waals surface area contributed by atoms with E-state index in [1.807, 2.05) is 42.5 Å². The van der Waals surface area contributed by atoms with Crippen molar-refractivity contribution >= 4 is 22.4 Å². The van der Waals surface area contributed by atoms with Crippen LogP contribution in [0.15, 0.2) is 54.7 Å². The van der Waals surface area contributed by atoms with E-state index in [1.165, 1.54) is 11.1 Å². The Morgan fingerprint density at radius 2 is 1.79 bits per heavy atom. The molecule has 1 aliphatic heterocycles. The molecule has 7 nitrogen and oxygen atoms in total. The number of hydrogen-bond donors (Lipinski definition) is 1. The summed E-state index contributed by atoms with van der Waals surface area (Å²) in [5.41, 5.74) is 12.0. The zero-order valence-electron chi connectivity index (χ0n) is 19.0. The van der Waals surface area contributed by atoms with Crippen molar-refractivity contribution in [2.24, 2.45) is 0 Å². The number of fused-ring (bicyclic) bond motifs is 2. The lowest BCUT2D eigenvalue weighted by Gasteiger charge is -2.31. The predicted molar refractivity (Wildman–Crippen MR) is 130 cm³/mol. The summed E-state index contributed by atoms with van der Waals surface area (Å²) in [6.07, 6.45) is 2.63. The normalized spacial score (nSPS) is 13.0. The van der Waals surface area contributed by atoms with Crippen LogP contribution in [-0.4, -0.2) is 37.8 Å². The maximum atomic E-state index is 6.65. The number of rotatable bonds is 5. The summed E-state index contributed by atoms with van der Waals surface area (Å²) >= 11 is 0. The minimum Gasteiger partial charge on any atom is -0.496 e. The number of anilines is 2. The van der Waals surface area contributed by atoms with Crippen molar-refractivity contribution in [3.8, 4) is 28.5 Å². The van der Waals surface area contributed by atoms with Gasteiger partial charge in [0.25, 0.3) is 0 Å². The highest BCUT2D eigenvalue weighted by Gasteiger charge is 2.24. The third-order valence-corrected chi connectivity index (χ3v) is 6.15. The molecule has 3 heterocycles. The molecule has 4 aromatic rings. The Morgan fingerprint density at radius 1 is 0.939 bits per heavy atom. The van der Waals surface area contributed by atoms with Gasteiger partial charge in [-0.3, -0.25) is 4.98 Å². The molecule has 0 bridgehead atoms. The third kappa shape index (κ3) is 3.55. The Labute approximate surface area is 192 Å². The van der Waals surface area contributed by atoms with Crippen molar-refractivity contribution in [1.29, 1.82) is 0 Å². The van der Waals surface area contributed by atoms with Crippen LogP contribution in [0.25, 0.3) is 22.2 Å². The van der Waals surface area contributed by atoms with Gasteiger partial charge in [-0.15, -0.1) is 0 Å². The van der Waals surface area contributed by atoms with Crippen molar-refractivity contribution in [2.75, 3.05) is 38.5 Å². The molecule has 7 heteroatoms. The topological polar surface area (TPSA) is 82.7 Å². The van der Waals surface area contributed by atoms with Gasteiger partial charge in [-0.05, 0) is 30.2 Å². The lowest BCUT2D eigenvalue weighted by Crippen LogP contribution is -2.31. The van der Waals surface area contributed by atoms with Gasteiger partial charge in [0.15, 0.2) is 11.5 Å². The van der Waals surface area contributed by atoms with Gasteiger partial charge in [-0.1, -0.05) is 18.2 Å². The molecule has 0 saturated carbocycles. The van der Waals surface area contributed by atoms with E-state index in [0.717, 1.165) is 53.2 Å². The summed E-state index contributed by atoms with van der Waals surface area (Å²) < 4.78 is 16.9. The highest BCUT2D eigenvalue weighted by atomic mass is 16.5. The number of nitrogens with two attached hydrogens (primary N) is 1. The fourth-order valence-electron chi connectivity index (χ4n) is 4.61. The number of hydrogen-bond acceptors (Lipinski definition) is 7. The Bertz CT molecular complexity index is 1320. The predicted octanol–water partition coefficient (Wildman–Crippen LogP) is 4.47. The maximum Gasteiger partial charge on any atom is 0.170 e. The molecule has 2 aromatic carbocycles. The SMILES string of the molecule is COc1cccc2c1CCN(c1cc(N)c3c(-c4ccccn4)c(OC)c(OC)cc3n1)C2. The molecule has 1 aliphatic rings. The number of methoxy groups -OCH3 is 3. The number of benzene rings is 2. The van der Waals surface area contributed by atoms with Crippen molar-refractivity contribution in [1.82, 2.24) is 9.97 Å². The standard InChI is InChI=1S/C26H26N4O3/c1-31-21-9-6-7-16-15-30(12-10-17(16)21)23-13-18(27)24-20(29-23)14-22(32-2)26(33-3)25(24)19-8-4-5-11-28-19/h4-9,11,13-14H,10,12,15H2,1-3H3,(H2,27,29). The van der Waals surface area contributed by atoms with Crippen LogP contribution in [0, 0.1) is 0 Å². The van der Waals surface area contributed by atoms with Crippen LogP contribution in [0.5, 0.6) is 17.2 Å². The second-order valence-electron chi connectivity index (χ2n) is 7.94. The van der Waals surface area contributed by atoms with Gasteiger partial charge in [0.2, 0.25) is 0 Å². The molecule has 5 rings (SSSR count). The third-order valence-electron chi connectivity index (χ3n) is 6.15. The minimum atomic E-state index is 0.587.